The first-order valence-electron chi connectivity index (χ1n) is 6.55. The summed E-state index contributed by atoms with van der Waals surface area (Å²) in [4.78, 5) is 13.8. The molecule has 1 heterocycles. The van der Waals surface area contributed by atoms with E-state index in [9.17, 15) is 4.79 Å². The van der Waals surface area contributed by atoms with E-state index in [4.69, 9.17) is 10.5 Å². The Bertz CT molecular complexity index is 261. The second-order valence-corrected chi connectivity index (χ2v) is 5.88. The normalized spacial score (nSPS) is 25.8. The van der Waals surface area contributed by atoms with Crippen LogP contribution in [-0.4, -0.2) is 36.2 Å². The lowest BCUT2D eigenvalue weighted by Crippen LogP contribution is -2.47. The van der Waals surface area contributed by atoms with Gasteiger partial charge in [-0.1, -0.05) is 13.3 Å². The molecule has 100 valence electrons. The maximum atomic E-state index is 11.9. The summed E-state index contributed by atoms with van der Waals surface area (Å²) in [5.41, 5.74) is 5.34. The van der Waals surface area contributed by atoms with Gasteiger partial charge in [0.15, 0.2) is 0 Å². The Morgan fingerprint density at radius 1 is 1.41 bits per heavy atom. The first kappa shape index (κ1) is 14.3. The van der Waals surface area contributed by atoms with E-state index in [1.807, 2.05) is 25.7 Å². The maximum Gasteiger partial charge on any atom is 0.410 e. The van der Waals surface area contributed by atoms with Crippen molar-refractivity contribution in [2.45, 2.75) is 46.1 Å². The molecule has 4 heteroatoms. The summed E-state index contributed by atoms with van der Waals surface area (Å²) < 4.78 is 5.39. The van der Waals surface area contributed by atoms with Crippen LogP contribution in [0.15, 0.2) is 0 Å². The van der Waals surface area contributed by atoms with Gasteiger partial charge in [0.05, 0.1) is 0 Å². The zero-order valence-electron chi connectivity index (χ0n) is 11.5. The number of carbonyl (C=O) groups is 1. The topological polar surface area (TPSA) is 55.6 Å². The number of amides is 1. The largest absolute Gasteiger partial charge is 0.444 e. The van der Waals surface area contributed by atoms with Gasteiger partial charge in [-0.25, -0.2) is 4.79 Å². The molecule has 0 aromatic carbocycles. The molecule has 1 saturated heterocycles. The summed E-state index contributed by atoms with van der Waals surface area (Å²) in [5.74, 6) is 1.07. The van der Waals surface area contributed by atoms with Gasteiger partial charge in [-0.3, -0.25) is 0 Å². The molecular formula is C13H26N2O2. The average molecular weight is 242 g/mol. The number of nitrogens with zero attached hydrogens (tertiary/aromatic N) is 1. The summed E-state index contributed by atoms with van der Waals surface area (Å²) in [6.07, 6.45) is 1.88. The number of hydrogen-bond acceptors (Lipinski definition) is 3. The number of rotatable bonds is 2. The fraction of sp³-hybridized carbons (Fsp3) is 0.923. The van der Waals surface area contributed by atoms with Crippen LogP contribution in [0.5, 0.6) is 0 Å². The number of nitrogens with two attached hydrogens (primary N) is 1. The monoisotopic (exact) mass is 242 g/mol. The van der Waals surface area contributed by atoms with Crippen LogP contribution < -0.4 is 5.73 Å². The molecule has 0 bridgehead atoms. The van der Waals surface area contributed by atoms with E-state index in [-0.39, 0.29) is 6.09 Å². The number of carbonyl (C=O) groups excluding carboxylic acids is 1. The van der Waals surface area contributed by atoms with Gasteiger partial charge in [0.2, 0.25) is 0 Å². The van der Waals surface area contributed by atoms with Crippen LogP contribution >= 0.6 is 0 Å². The Balaban J connectivity index is 2.54. The standard InChI is InChI=1S/C13H26N2O2/c1-5-10-9-15(7-6-11(10)8-14)12(16)17-13(2,3)4/h10-11H,5-9,14H2,1-4H3. The zero-order chi connectivity index (χ0) is 13.1. The van der Waals surface area contributed by atoms with Gasteiger partial charge in [0.25, 0.3) is 0 Å². The smallest absolute Gasteiger partial charge is 0.410 e. The van der Waals surface area contributed by atoms with Crippen molar-refractivity contribution in [3.05, 3.63) is 0 Å². The molecule has 0 aromatic rings. The van der Waals surface area contributed by atoms with Crippen molar-refractivity contribution in [2.75, 3.05) is 19.6 Å². The molecule has 2 unspecified atom stereocenters. The molecule has 1 fully saturated rings. The van der Waals surface area contributed by atoms with E-state index >= 15 is 0 Å². The molecular weight excluding hydrogens is 216 g/mol. The van der Waals surface area contributed by atoms with Gasteiger partial charge >= 0.3 is 6.09 Å². The van der Waals surface area contributed by atoms with Crippen molar-refractivity contribution in [1.82, 2.24) is 4.90 Å². The van der Waals surface area contributed by atoms with Crippen LogP contribution in [0.1, 0.15) is 40.5 Å². The highest BCUT2D eigenvalue weighted by Crippen LogP contribution is 2.26. The average Bonchev–Trinajstić information content (AvgIpc) is 2.25. The van der Waals surface area contributed by atoms with Crippen molar-refractivity contribution in [3.8, 4) is 0 Å². The number of likely N-dealkylation sites (tertiary alicyclic amines) is 1. The minimum absolute atomic E-state index is 0.188. The third kappa shape index (κ3) is 4.19. The molecule has 0 radical (unpaired) electrons. The Labute approximate surface area is 104 Å². The van der Waals surface area contributed by atoms with Crippen LogP contribution in [0.2, 0.25) is 0 Å². The van der Waals surface area contributed by atoms with Crippen molar-refractivity contribution < 1.29 is 9.53 Å². The van der Waals surface area contributed by atoms with Crippen LogP contribution in [0, 0.1) is 11.8 Å². The Morgan fingerprint density at radius 3 is 2.53 bits per heavy atom. The summed E-state index contributed by atoms with van der Waals surface area (Å²) in [6.45, 7) is 10.1. The Kier molecular flexibility index (Phi) is 4.80. The Morgan fingerprint density at radius 2 is 2.06 bits per heavy atom. The molecule has 0 aliphatic carbocycles. The van der Waals surface area contributed by atoms with Crippen LogP contribution in [0.25, 0.3) is 0 Å². The van der Waals surface area contributed by atoms with Gasteiger partial charge < -0.3 is 15.4 Å². The van der Waals surface area contributed by atoms with Crippen LogP contribution in [0.3, 0.4) is 0 Å². The molecule has 4 nitrogen and oxygen atoms in total. The van der Waals surface area contributed by atoms with E-state index in [2.05, 4.69) is 6.92 Å². The lowest BCUT2D eigenvalue weighted by molar-refractivity contribution is 0.0104. The predicted molar refractivity (Wildman–Crippen MR) is 68.7 cm³/mol. The molecule has 1 rings (SSSR count). The van der Waals surface area contributed by atoms with E-state index in [1.165, 1.54) is 0 Å². The number of ether oxygens (including phenoxy) is 1. The third-order valence-electron chi connectivity index (χ3n) is 3.37. The van der Waals surface area contributed by atoms with Crippen LogP contribution in [-0.2, 0) is 4.74 Å². The highest BCUT2D eigenvalue weighted by Gasteiger charge is 2.31. The molecule has 1 aliphatic heterocycles. The van der Waals surface area contributed by atoms with Crippen LogP contribution in [0.4, 0.5) is 4.79 Å². The molecule has 2 N–H and O–H groups in total. The second kappa shape index (κ2) is 5.71. The highest BCUT2D eigenvalue weighted by atomic mass is 16.6. The lowest BCUT2D eigenvalue weighted by Gasteiger charge is -2.38. The minimum Gasteiger partial charge on any atom is -0.444 e. The van der Waals surface area contributed by atoms with Gasteiger partial charge in [0, 0.05) is 13.1 Å². The highest BCUT2D eigenvalue weighted by molar-refractivity contribution is 5.68. The lowest BCUT2D eigenvalue weighted by atomic mass is 9.84. The predicted octanol–water partition coefficient (Wildman–Crippen LogP) is 2.23. The van der Waals surface area contributed by atoms with Gasteiger partial charge in [0.1, 0.15) is 5.60 Å². The van der Waals surface area contributed by atoms with Crippen molar-refractivity contribution in [2.24, 2.45) is 17.6 Å². The first-order valence-corrected chi connectivity index (χ1v) is 6.55. The molecule has 0 saturated carbocycles. The van der Waals surface area contributed by atoms with Crippen molar-refractivity contribution >= 4 is 6.09 Å². The minimum atomic E-state index is -0.413. The Hall–Kier alpha value is -0.770. The summed E-state index contributed by atoms with van der Waals surface area (Å²) in [5, 5.41) is 0. The molecule has 2 atom stereocenters. The van der Waals surface area contributed by atoms with Crippen molar-refractivity contribution in [3.63, 3.8) is 0 Å². The molecule has 1 aliphatic rings. The first-order chi connectivity index (χ1) is 7.87. The summed E-state index contributed by atoms with van der Waals surface area (Å²) >= 11 is 0. The van der Waals surface area contributed by atoms with Gasteiger partial charge in [-0.05, 0) is 45.6 Å². The van der Waals surface area contributed by atoms with Gasteiger partial charge in [-0.2, -0.15) is 0 Å². The number of hydrogen-bond donors (Lipinski definition) is 1. The van der Waals surface area contributed by atoms with Crippen molar-refractivity contribution in [1.29, 1.82) is 0 Å². The molecule has 17 heavy (non-hydrogen) atoms. The number of piperidine rings is 1. The van der Waals surface area contributed by atoms with E-state index in [0.29, 0.717) is 11.8 Å². The molecule has 1 amide bonds. The van der Waals surface area contributed by atoms with E-state index in [0.717, 1.165) is 32.5 Å². The fourth-order valence-electron chi connectivity index (χ4n) is 2.35. The third-order valence-corrected chi connectivity index (χ3v) is 3.37. The molecule has 0 spiro atoms. The quantitative estimate of drug-likeness (QED) is 0.808. The second-order valence-electron chi connectivity index (χ2n) is 5.88. The summed E-state index contributed by atoms with van der Waals surface area (Å²) in [6, 6.07) is 0. The zero-order valence-corrected chi connectivity index (χ0v) is 11.5. The summed E-state index contributed by atoms with van der Waals surface area (Å²) in [7, 11) is 0. The molecule has 0 aromatic heterocycles. The maximum absolute atomic E-state index is 11.9. The fourth-order valence-corrected chi connectivity index (χ4v) is 2.35. The van der Waals surface area contributed by atoms with E-state index < -0.39 is 5.60 Å². The van der Waals surface area contributed by atoms with Gasteiger partial charge in [-0.15, -0.1) is 0 Å². The van der Waals surface area contributed by atoms with E-state index in [1.54, 1.807) is 0 Å². The SMILES string of the molecule is CCC1CN(C(=O)OC(C)(C)C)CCC1CN.